The van der Waals surface area contributed by atoms with Crippen LogP contribution in [-0.4, -0.2) is 62.7 Å². The maximum absolute atomic E-state index is 12.9. The standard InChI is InChI=1S/C17H24N4O2S/c1-3-17-18-15-5-4-14(12-16(15)24(22,23)19(17)2)21-11-10-20-8-6-13(21)7-9-20/h4-5,12-13H,3,6-11H2,1-2H3. The average Bonchev–Trinajstić information content (AvgIpc) is 2.92. The zero-order valence-corrected chi connectivity index (χ0v) is 15.1. The average molecular weight is 348 g/mol. The third-order valence-electron chi connectivity index (χ3n) is 5.50. The van der Waals surface area contributed by atoms with Crippen LogP contribution in [-0.2, 0) is 10.0 Å². The Morgan fingerprint density at radius 3 is 2.62 bits per heavy atom. The van der Waals surface area contributed by atoms with E-state index in [4.69, 9.17) is 0 Å². The van der Waals surface area contributed by atoms with Crippen LogP contribution in [0.5, 0.6) is 0 Å². The molecule has 1 aromatic carbocycles. The number of nitrogens with zero attached hydrogens (tertiary/aromatic N) is 4. The van der Waals surface area contributed by atoms with E-state index >= 15 is 0 Å². The predicted octanol–water partition coefficient (Wildman–Crippen LogP) is 2.05. The van der Waals surface area contributed by atoms with Gasteiger partial charge in [0.2, 0.25) is 0 Å². The normalized spacial score (nSPS) is 28.3. The number of piperidine rings is 1. The van der Waals surface area contributed by atoms with Gasteiger partial charge in [0.05, 0.1) is 5.69 Å². The van der Waals surface area contributed by atoms with Crippen LogP contribution in [0.3, 0.4) is 0 Å². The highest BCUT2D eigenvalue weighted by Crippen LogP contribution is 2.37. The molecule has 3 fully saturated rings. The van der Waals surface area contributed by atoms with Crippen LogP contribution in [0.4, 0.5) is 11.4 Å². The van der Waals surface area contributed by atoms with E-state index in [9.17, 15) is 8.42 Å². The van der Waals surface area contributed by atoms with Gasteiger partial charge in [0.15, 0.2) is 0 Å². The lowest BCUT2D eigenvalue weighted by Gasteiger charge is -2.34. The van der Waals surface area contributed by atoms with Crippen molar-refractivity contribution < 1.29 is 8.42 Å². The highest BCUT2D eigenvalue weighted by Gasteiger charge is 2.33. The van der Waals surface area contributed by atoms with Crippen molar-refractivity contribution in [1.82, 2.24) is 9.21 Å². The quantitative estimate of drug-likeness (QED) is 0.821. The van der Waals surface area contributed by atoms with Gasteiger partial charge in [-0.2, -0.15) is 0 Å². The first kappa shape index (κ1) is 15.9. The molecule has 0 amide bonds. The van der Waals surface area contributed by atoms with Crippen LogP contribution in [0.1, 0.15) is 26.2 Å². The minimum absolute atomic E-state index is 0.332. The molecule has 0 unspecified atom stereocenters. The molecule has 4 aliphatic rings. The molecule has 0 radical (unpaired) electrons. The lowest BCUT2D eigenvalue weighted by molar-refractivity contribution is 0.250. The Bertz CT molecular complexity index is 782. The molecule has 6 nitrogen and oxygen atoms in total. The molecule has 0 saturated carbocycles. The van der Waals surface area contributed by atoms with E-state index in [1.54, 1.807) is 7.05 Å². The number of hydrogen-bond donors (Lipinski definition) is 0. The van der Waals surface area contributed by atoms with E-state index in [2.05, 4.69) is 14.8 Å². The molecule has 0 atom stereocenters. The van der Waals surface area contributed by atoms with Crippen LogP contribution in [0.15, 0.2) is 28.1 Å². The van der Waals surface area contributed by atoms with Crippen molar-refractivity contribution in [2.45, 2.75) is 37.1 Å². The minimum Gasteiger partial charge on any atom is -0.367 e. The van der Waals surface area contributed by atoms with Gasteiger partial charge in [-0.1, -0.05) is 6.92 Å². The molecule has 0 aromatic heterocycles. The monoisotopic (exact) mass is 348 g/mol. The molecule has 24 heavy (non-hydrogen) atoms. The Hall–Kier alpha value is -1.60. The number of sulfonamides is 1. The Balaban J connectivity index is 1.76. The highest BCUT2D eigenvalue weighted by atomic mass is 32.2. The van der Waals surface area contributed by atoms with E-state index < -0.39 is 10.0 Å². The smallest absolute Gasteiger partial charge is 0.267 e. The summed E-state index contributed by atoms with van der Waals surface area (Å²) in [6.07, 6.45) is 2.91. The maximum atomic E-state index is 12.9. The fourth-order valence-corrected chi connectivity index (χ4v) is 5.39. The number of hydrogen-bond acceptors (Lipinski definition) is 5. The molecule has 3 saturated heterocycles. The first-order valence-electron chi connectivity index (χ1n) is 8.70. The molecule has 7 heteroatoms. The molecular formula is C17H24N4O2S. The molecule has 0 aliphatic carbocycles. The first-order valence-corrected chi connectivity index (χ1v) is 10.1. The number of aliphatic imine (C=N–C) groups is 1. The van der Waals surface area contributed by atoms with Gasteiger partial charge in [0.1, 0.15) is 10.7 Å². The summed E-state index contributed by atoms with van der Waals surface area (Å²) in [7, 11) is -1.91. The van der Waals surface area contributed by atoms with Crippen LogP contribution >= 0.6 is 0 Å². The number of anilines is 1. The topological polar surface area (TPSA) is 56.2 Å². The van der Waals surface area contributed by atoms with Crippen LogP contribution < -0.4 is 4.90 Å². The number of benzene rings is 1. The summed E-state index contributed by atoms with van der Waals surface area (Å²) in [5.41, 5.74) is 1.58. The largest absolute Gasteiger partial charge is 0.367 e. The molecule has 5 rings (SSSR count). The molecule has 0 spiro atoms. The van der Waals surface area contributed by atoms with Crippen LogP contribution in [0, 0.1) is 0 Å². The van der Waals surface area contributed by atoms with Gasteiger partial charge in [0.25, 0.3) is 10.0 Å². The summed E-state index contributed by atoms with van der Waals surface area (Å²) in [5.74, 6) is 0.594. The van der Waals surface area contributed by atoms with Crippen molar-refractivity contribution in [3.63, 3.8) is 0 Å². The van der Waals surface area contributed by atoms with E-state index in [0.29, 0.717) is 28.9 Å². The Labute approximate surface area is 143 Å². The predicted molar refractivity (Wildman–Crippen MR) is 95.6 cm³/mol. The first-order chi connectivity index (χ1) is 11.5. The number of fused-ring (bicyclic) bond motifs is 5. The van der Waals surface area contributed by atoms with Crippen LogP contribution in [0.25, 0.3) is 0 Å². The summed E-state index contributed by atoms with van der Waals surface area (Å²) < 4.78 is 27.0. The van der Waals surface area contributed by atoms with Gasteiger partial charge in [-0.15, -0.1) is 0 Å². The van der Waals surface area contributed by atoms with Crippen molar-refractivity contribution in [2.75, 3.05) is 38.1 Å². The minimum atomic E-state index is -3.50. The zero-order valence-electron chi connectivity index (χ0n) is 14.3. The maximum Gasteiger partial charge on any atom is 0.267 e. The van der Waals surface area contributed by atoms with Gasteiger partial charge < -0.3 is 9.80 Å². The summed E-state index contributed by atoms with van der Waals surface area (Å²) in [6.45, 7) is 6.24. The van der Waals surface area contributed by atoms with Gasteiger partial charge in [-0.25, -0.2) is 13.4 Å². The zero-order chi connectivity index (χ0) is 16.9. The second-order valence-electron chi connectivity index (χ2n) is 6.77. The second-order valence-corrected chi connectivity index (χ2v) is 8.71. The van der Waals surface area contributed by atoms with E-state index in [1.165, 1.54) is 4.31 Å². The second kappa shape index (κ2) is 5.74. The molecule has 1 aromatic rings. The van der Waals surface area contributed by atoms with Crippen molar-refractivity contribution in [1.29, 1.82) is 0 Å². The van der Waals surface area contributed by atoms with E-state index in [1.807, 2.05) is 25.1 Å². The van der Waals surface area contributed by atoms with Crippen molar-refractivity contribution in [2.24, 2.45) is 4.99 Å². The molecule has 4 heterocycles. The van der Waals surface area contributed by atoms with Gasteiger partial charge >= 0.3 is 0 Å². The molecule has 4 aliphatic heterocycles. The lowest BCUT2D eigenvalue weighted by atomic mass is 10.0. The SMILES string of the molecule is CCC1=Nc2ccc(N3CCN4CCC3CC4)cc2S(=O)(=O)N1C. The van der Waals surface area contributed by atoms with E-state index in [0.717, 1.165) is 44.7 Å². The lowest BCUT2D eigenvalue weighted by Crippen LogP contribution is -2.38. The Morgan fingerprint density at radius 2 is 1.92 bits per heavy atom. The third-order valence-corrected chi connectivity index (χ3v) is 7.31. The third kappa shape index (κ3) is 2.41. The highest BCUT2D eigenvalue weighted by molar-refractivity contribution is 7.90. The Kier molecular flexibility index (Phi) is 3.80. The molecule has 0 N–H and O–H groups in total. The van der Waals surface area contributed by atoms with Crippen molar-refractivity contribution >= 4 is 27.2 Å². The van der Waals surface area contributed by atoms with Gasteiger partial charge in [-0.05, 0) is 31.0 Å². The molecular weight excluding hydrogens is 324 g/mol. The number of rotatable bonds is 2. The number of amidine groups is 1. The van der Waals surface area contributed by atoms with Crippen molar-refractivity contribution in [3.05, 3.63) is 18.2 Å². The molecule has 130 valence electrons. The molecule has 2 bridgehead atoms. The fourth-order valence-electron chi connectivity index (χ4n) is 4.00. The Morgan fingerprint density at radius 1 is 1.17 bits per heavy atom. The van der Waals surface area contributed by atoms with Gasteiger partial charge in [0, 0.05) is 51.4 Å². The summed E-state index contributed by atoms with van der Waals surface area (Å²) in [4.78, 5) is 9.75. The van der Waals surface area contributed by atoms with Crippen LogP contribution in [0.2, 0.25) is 0 Å². The van der Waals surface area contributed by atoms with E-state index in [-0.39, 0.29) is 0 Å². The summed E-state index contributed by atoms with van der Waals surface area (Å²) in [5, 5.41) is 0. The summed E-state index contributed by atoms with van der Waals surface area (Å²) >= 11 is 0. The van der Waals surface area contributed by atoms with Gasteiger partial charge in [-0.3, -0.25) is 4.31 Å². The summed E-state index contributed by atoms with van der Waals surface area (Å²) in [6, 6.07) is 6.23. The fraction of sp³-hybridized carbons (Fsp3) is 0.588. The van der Waals surface area contributed by atoms with Crippen molar-refractivity contribution in [3.8, 4) is 0 Å².